The molecule has 2 rings (SSSR count). The van der Waals surface area contributed by atoms with E-state index in [0.717, 1.165) is 0 Å². The predicted octanol–water partition coefficient (Wildman–Crippen LogP) is 7.75. The van der Waals surface area contributed by atoms with Crippen LogP contribution in [0, 0.1) is 13.1 Å². The molecule has 0 aliphatic heterocycles. The van der Waals surface area contributed by atoms with Crippen LogP contribution in [0.15, 0.2) is 41.3 Å². The minimum Gasteiger partial charge on any atom is -0.412 e. The zero-order valence-electron chi connectivity index (χ0n) is 19.4. The number of alkyl halides is 6. The molecule has 33 heavy (non-hydrogen) atoms. The highest BCUT2D eigenvalue weighted by molar-refractivity contribution is 7.86. The number of benzene rings is 2. The number of hydrogen-bond acceptors (Lipinski definition) is 4. The van der Waals surface area contributed by atoms with Crippen molar-refractivity contribution in [2.75, 3.05) is 5.73 Å². The summed E-state index contributed by atoms with van der Waals surface area (Å²) in [7, 11) is 0. The molecule has 0 radical (unpaired) electrons. The molecule has 15 heteroatoms. The Morgan fingerprint density at radius 2 is 1.39 bits per heavy atom. The van der Waals surface area contributed by atoms with Crippen molar-refractivity contribution in [1.82, 2.24) is 0 Å². The van der Waals surface area contributed by atoms with Crippen LogP contribution in [-0.2, 0) is 12.4 Å². The summed E-state index contributed by atoms with van der Waals surface area (Å²) in [5.41, 5.74) is -0.351. The van der Waals surface area contributed by atoms with Gasteiger partial charge in [0.05, 0.1) is 40.6 Å². The molecule has 0 spiro atoms. The van der Waals surface area contributed by atoms with E-state index in [1.54, 1.807) is 5.16 Å². The van der Waals surface area contributed by atoms with Crippen LogP contribution >= 0.6 is 47.6 Å². The summed E-state index contributed by atoms with van der Waals surface area (Å²) >= 11 is 17.8. The highest BCUT2D eigenvalue weighted by Gasteiger charge is 2.34. The molecular weight excluding hydrogens is 537 g/mol. The van der Waals surface area contributed by atoms with Crippen molar-refractivity contribution in [3.63, 3.8) is 0 Å². The van der Waals surface area contributed by atoms with Gasteiger partial charge in [0.15, 0.2) is 15.2 Å². The van der Waals surface area contributed by atoms with Gasteiger partial charge in [-0.3, -0.25) is 0 Å². The standard InChI is InChI=1S/C9H3F3N2S.C8H5F3N2.CCl2S.H2O/c1-13-8-3-2-6(14-5-15)4-7(8)9(10,11)12;1-13-7-3-2-5(12)4-6(7)8(9,10)11;2-1(3)4;/h2-4H;2-4H,12H2;;1H2/i2*2D,4D;;. The van der Waals surface area contributed by atoms with Gasteiger partial charge in [0.25, 0.3) is 0 Å². The fourth-order valence-corrected chi connectivity index (χ4v) is 1.69. The van der Waals surface area contributed by atoms with Crippen LogP contribution in [-0.4, -0.2) is 14.4 Å². The maximum absolute atomic E-state index is 12.6. The van der Waals surface area contributed by atoms with E-state index in [2.05, 4.69) is 39.1 Å². The van der Waals surface area contributed by atoms with Crippen molar-refractivity contribution in [3.05, 3.63) is 70.3 Å². The van der Waals surface area contributed by atoms with Crippen molar-refractivity contribution in [2.45, 2.75) is 12.4 Å². The van der Waals surface area contributed by atoms with Gasteiger partial charge < -0.3 is 11.2 Å². The maximum atomic E-state index is 12.6. The Morgan fingerprint density at radius 3 is 1.76 bits per heavy atom. The molecule has 5 nitrogen and oxygen atoms in total. The fourth-order valence-electron chi connectivity index (χ4n) is 1.59. The van der Waals surface area contributed by atoms with Crippen LogP contribution in [0.25, 0.3) is 9.69 Å². The lowest BCUT2D eigenvalue weighted by Gasteiger charge is -2.08. The van der Waals surface area contributed by atoms with E-state index in [-0.39, 0.29) is 9.26 Å². The second-order valence-electron chi connectivity index (χ2n) is 4.76. The minimum absolute atomic E-state index is 0. The van der Waals surface area contributed by atoms with E-state index < -0.39 is 70.4 Å². The zero-order valence-corrected chi connectivity index (χ0v) is 18.6. The number of aliphatic imine (C=N–C) groups is 1. The Kier molecular flexibility index (Phi) is 10.8. The average molecular weight is 551 g/mol. The number of rotatable bonds is 1. The number of hydrogen-bond donors (Lipinski definition) is 1. The van der Waals surface area contributed by atoms with Gasteiger partial charge in [-0.25, -0.2) is 9.69 Å². The lowest BCUT2D eigenvalue weighted by atomic mass is 10.1. The number of nitrogens with two attached hydrogens (primary N) is 1. The Morgan fingerprint density at radius 1 is 1.00 bits per heavy atom. The summed E-state index contributed by atoms with van der Waals surface area (Å²) in [5, 5.41) is 1.81. The topological polar surface area (TPSA) is 78.6 Å². The van der Waals surface area contributed by atoms with Crippen LogP contribution < -0.4 is 5.73 Å². The maximum Gasteiger partial charge on any atom is 0.407 e. The van der Waals surface area contributed by atoms with Crippen LogP contribution in [0.1, 0.15) is 16.6 Å². The van der Waals surface area contributed by atoms with Crippen molar-refractivity contribution in [3.8, 4) is 0 Å². The number of thiocarbonyl (C=S) groups is 2. The molecule has 0 saturated carbocycles. The van der Waals surface area contributed by atoms with Gasteiger partial charge in [-0.2, -0.15) is 31.3 Å². The summed E-state index contributed by atoms with van der Waals surface area (Å²) in [6.45, 7) is 13.2. The molecule has 0 bridgehead atoms. The average Bonchev–Trinajstić information content (AvgIpc) is 2.72. The largest absolute Gasteiger partial charge is 0.412 e. The second-order valence-corrected chi connectivity index (χ2v) is 6.75. The lowest BCUT2D eigenvalue weighted by Crippen LogP contribution is -2.05. The minimum atomic E-state index is -4.85. The highest BCUT2D eigenvalue weighted by Crippen LogP contribution is 2.39. The Labute approximate surface area is 210 Å². The molecule has 0 aromatic heterocycles. The Hall–Kier alpha value is -2.77. The van der Waals surface area contributed by atoms with Gasteiger partial charge in [-0.1, -0.05) is 47.6 Å². The molecule has 0 aliphatic carbocycles. The van der Waals surface area contributed by atoms with E-state index in [9.17, 15) is 26.3 Å². The third kappa shape index (κ3) is 12.2. The molecule has 0 unspecified atom stereocenters. The molecule has 4 N–H and O–H groups in total. The van der Waals surface area contributed by atoms with Gasteiger partial charge >= 0.3 is 12.4 Å². The highest BCUT2D eigenvalue weighted by atomic mass is 35.5. The summed E-state index contributed by atoms with van der Waals surface area (Å²) < 4.78 is 104. The number of isothiocyanates is 1. The first-order valence-corrected chi connectivity index (χ1v) is 8.78. The first-order chi connectivity index (χ1) is 16.3. The van der Waals surface area contributed by atoms with Gasteiger partial charge in [0.2, 0.25) is 0 Å². The summed E-state index contributed by atoms with van der Waals surface area (Å²) in [5.74, 6) is 0. The second kappa shape index (κ2) is 14.4. The molecule has 0 fully saturated rings. The lowest BCUT2D eigenvalue weighted by molar-refractivity contribution is -0.137. The number of nitrogens with zero attached hydrogens (tertiary/aromatic N) is 3. The molecule has 0 atom stereocenters. The summed E-state index contributed by atoms with van der Waals surface area (Å²) in [6, 6.07) is -1.54. The monoisotopic (exact) mass is 550 g/mol. The number of anilines is 1. The van der Waals surface area contributed by atoms with Crippen molar-refractivity contribution in [1.29, 1.82) is 0 Å². The molecule has 2 aromatic rings. The normalized spacial score (nSPS) is 11.5. The van der Waals surface area contributed by atoms with E-state index in [1.165, 1.54) is 0 Å². The van der Waals surface area contributed by atoms with Crippen LogP contribution in [0.3, 0.4) is 0 Å². The Balaban J connectivity index is 0. The van der Waals surface area contributed by atoms with Crippen LogP contribution in [0.5, 0.6) is 0 Å². The smallest absolute Gasteiger partial charge is 0.407 e. The van der Waals surface area contributed by atoms with Crippen molar-refractivity contribution < 1.29 is 37.3 Å². The first kappa shape index (κ1) is 24.9. The van der Waals surface area contributed by atoms with Crippen LogP contribution in [0.2, 0.25) is 0 Å². The van der Waals surface area contributed by atoms with E-state index in [1.807, 2.05) is 0 Å². The van der Waals surface area contributed by atoms with E-state index in [4.69, 9.17) is 47.6 Å². The summed E-state index contributed by atoms with van der Waals surface area (Å²) in [4.78, 5) is 8.54. The molecule has 2 aromatic carbocycles. The first-order valence-electron chi connectivity index (χ1n) is 9.21. The van der Waals surface area contributed by atoms with Gasteiger partial charge in [0, 0.05) is 5.69 Å². The van der Waals surface area contributed by atoms with Crippen molar-refractivity contribution in [2.24, 2.45) is 4.99 Å². The Bertz CT molecular complexity index is 1300. The van der Waals surface area contributed by atoms with E-state index >= 15 is 0 Å². The van der Waals surface area contributed by atoms with Crippen LogP contribution in [0.4, 0.5) is 49.1 Å². The zero-order chi connectivity index (χ0) is 28.6. The molecule has 0 saturated heterocycles. The third-order valence-electron chi connectivity index (χ3n) is 2.69. The number of halogens is 8. The molecule has 0 heterocycles. The quantitative estimate of drug-likeness (QED) is 0.0983. The van der Waals surface area contributed by atoms with Gasteiger partial charge in [-0.05, 0) is 36.4 Å². The fraction of sp³-hybridized carbons (Fsp3) is 0.111. The predicted molar refractivity (Wildman–Crippen MR) is 122 cm³/mol. The van der Waals surface area contributed by atoms with Gasteiger partial charge in [-0.15, -0.1) is 0 Å². The van der Waals surface area contributed by atoms with E-state index in [0.29, 0.717) is 12.1 Å². The number of nitrogen functional groups attached to an aromatic ring is 1. The molecule has 0 aliphatic rings. The SMILES string of the molecule is O.S=C(Cl)Cl.[2H]c1cc([N+]#[C-])c(C(F)(F)F)c([2H])c1N.[2H]c1cc([N+]#[C-])c(C(F)(F)F)c([2H])c1N=C=S. The third-order valence-corrected chi connectivity index (χ3v) is 2.78. The summed E-state index contributed by atoms with van der Waals surface area (Å²) in [6.07, 6.45) is -9.66. The molecular formula is C18H10Cl2F6N4OS2. The molecule has 176 valence electrons. The molecule has 0 amide bonds. The van der Waals surface area contributed by atoms with Gasteiger partial charge in [0.1, 0.15) is 0 Å². The van der Waals surface area contributed by atoms with Crippen molar-refractivity contribution >= 4 is 79.3 Å².